The molecule has 1 aromatic rings. The molecule has 0 spiro atoms. The Labute approximate surface area is 84.1 Å². The summed E-state index contributed by atoms with van der Waals surface area (Å²) in [6.45, 7) is 3.18. The van der Waals surface area contributed by atoms with Crippen LogP contribution >= 0.6 is 11.6 Å². The highest BCUT2D eigenvalue weighted by molar-refractivity contribution is 6.30. The van der Waals surface area contributed by atoms with E-state index in [2.05, 4.69) is 24.4 Å². The maximum absolute atomic E-state index is 5.84. The van der Waals surface area contributed by atoms with Gasteiger partial charge in [-0.05, 0) is 37.1 Å². The fourth-order valence-corrected chi connectivity index (χ4v) is 1.93. The molecular weight excluding hydrogens is 182 g/mol. The third-order valence-electron chi connectivity index (χ3n) is 2.66. The lowest BCUT2D eigenvalue weighted by Gasteiger charge is -2.16. The van der Waals surface area contributed by atoms with E-state index in [0.717, 1.165) is 11.6 Å². The lowest BCUT2D eigenvalue weighted by atomic mass is 10.1. The van der Waals surface area contributed by atoms with Crippen LogP contribution in [0.2, 0.25) is 5.02 Å². The van der Waals surface area contributed by atoms with Crippen LogP contribution in [0.5, 0.6) is 0 Å². The number of benzene rings is 1. The molecule has 0 atom stereocenters. The average molecular weight is 196 g/mol. The summed E-state index contributed by atoms with van der Waals surface area (Å²) in [7, 11) is 0. The lowest BCUT2D eigenvalue weighted by molar-refractivity contribution is 0.539. The molecule has 0 bridgehead atoms. The molecule has 2 rings (SSSR count). The third-order valence-corrected chi connectivity index (χ3v) is 2.91. The van der Waals surface area contributed by atoms with Crippen molar-refractivity contribution in [2.75, 3.05) is 6.54 Å². The maximum Gasteiger partial charge on any atom is 0.0436 e. The molecule has 1 fully saturated rings. The topological polar surface area (TPSA) is 12.0 Å². The summed E-state index contributed by atoms with van der Waals surface area (Å²) in [5, 5.41) is 4.34. The molecule has 0 heterocycles. The Morgan fingerprint density at radius 2 is 1.92 bits per heavy atom. The smallest absolute Gasteiger partial charge is 0.0436 e. The fraction of sp³-hybridized carbons (Fsp3) is 0.455. The lowest BCUT2D eigenvalue weighted by Crippen LogP contribution is -2.28. The van der Waals surface area contributed by atoms with Crippen molar-refractivity contribution in [2.45, 2.75) is 25.3 Å². The van der Waals surface area contributed by atoms with Gasteiger partial charge in [0.25, 0.3) is 0 Å². The van der Waals surface area contributed by atoms with Crippen molar-refractivity contribution in [3.05, 3.63) is 34.9 Å². The molecule has 0 unspecified atom stereocenters. The molecule has 1 aliphatic carbocycles. The van der Waals surface area contributed by atoms with Crippen molar-refractivity contribution in [2.24, 2.45) is 0 Å². The molecule has 0 radical (unpaired) electrons. The second-order valence-electron chi connectivity index (χ2n) is 3.62. The molecule has 1 N–H and O–H groups in total. The molecule has 70 valence electrons. The zero-order valence-electron chi connectivity index (χ0n) is 7.81. The first-order valence-electron chi connectivity index (χ1n) is 4.78. The minimum Gasteiger partial charge on any atom is -0.308 e. The average Bonchev–Trinajstić information content (AvgIpc) is 2.87. The first-order valence-corrected chi connectivity index (χ1v) is 5.16. The van der Waals surface area contributed by atoms with E-state index in [1.165, 1.54) is 18.4 Å². The summed E-state index contributed by atoms with van der Waals surface area (Å²) >= 11 is 5.84. The minimum atomic E-state index is 0.277. The summed E-state index contributed by atoms with van der Waals surface area (Å²) in [6.07, 6.45) is 2.50. The highest BCUT2D eigenvalue weighted by Crippen LogP contribution is 2.45. The number of hydrogen-bond donors (Lipinski definition) is 1. The van der Waals surface area contributed by atoms with E-state index >= 15 is 0 Å². The van der Waals surface area contributed by atoms with Crippen LogP contribution in [0, 0.1) is 0 Å². The van der Waals surface area contributed by atoms with E-state index in [1.54, 1.807) is 0 Å². The van der Waals surface area contributed by atoms with Gasteiger partial charge in [0.2, 0.25) is 0 Å². The quantitative estimate of drug-likeness (QED) is 0.782. The number of rotatable bonds is 3. The van der Waals surface area contributed by atoms with Crippen LogP contribution in [0.1, 0.15) is 25.3 Å². The van der Waals surface area contributed by atoms with E-state index in [1.807, 2.05) is 12.1 Å². The van der Waals surface area contributed by atoms with Crippen molar-refractivity contribution in [3.8, 4) is 0 Å². The van der Waals surface area contributed by atoms with Gasteiger partial charge in [-0.1, -0.05) is 30.7 Å². The van der Waals surface area contributed by atoms with Crippen molar-refractivity contribution in [3.63, 3.8) is 0 Å². The Bertz CT molecular complexity index is 287. The molecule has 0 saturated heterocycles. The summed E-state index contributed by atoms with van der Waals surface area (Å²) in [5.41, 5.74) is 1.65. The van der Waals surface area contributed by atoms with Gasteiger partial charge in [0.05, 0.1) is 0 Å². The van der Waals surface area contributed by atoms with Gasteiger partial charge in [0.1, 0.15) is 0 Å². The van der Waals surface area contributed by atoms with E-state index in [4.69, 9.17) is 11.6 Å². The van der Waals surface area contributed by atoms with E-state index < -0.39 is 0 Å². The van der Waals surface area contributed by atoms with Crippen LogP contribution in [0.25, 0.3) is 0 Å². The molecule has 0 aromatic heterocycles. The summed E-state index contributed by atoms with van der Waals surface area (Å²) in [4.78, 5) is 0. The predicted octanol–water partition coefficient (Wildman–Crippen LogP) is 2.94. The zero-order valence-corrected chi connectivity index (χ0v) is 8.56. The van der Waals surface area contributed by atoms with Crippen molar-refractivity contribution >= 4 is 11.6 Å². The minimum absolute atomic E-state index is 0.277. The van der Waals surface area contributed by atoms with Gasteiger partial charge in [0.15, 0.2) is 0 Å². The van der Waals surface area contributed by atoms with Crippen LogP contribution in [0.3, 0.4) is 0 Å². The van der Waals surface area contributed by atoms with Gasteiger partial charge in [0, 0.05) is 10.6 Å². The number of halogens is 1. The van der Waals surface area contributed by atoms with Crippen LogP contribution in [-0.4, -0.2) is 6.54 Å². The van der Waals surface area contributed by atoms with Crippen LogP contribution in [-0.2, 0) is 5.54 Å². The first-order chi connectivity index (χ1) is 6.27. The normalized spacial score (nSPS) is 18.6. The SMILES string of the molecule is CCNC1(c2ccc(Cl)cc2)CC1. The number of hydrogen-bond acceptors (Lipinski definition) is 1. The Balaban J connectivity index is 2.20. The van der Waals surface area contributed by atoms with E-state index in [9.17, 15) is 0 Å². The van der Waals surface area contributed by atoms with Gasteiger partial charge in [-0.15, -0.1) is 0 Å². The highest BCUT2D eigenvalue weighted by Gasteiger charge is 2.43. The van der Waals surface area contributed by atoms with E-state index in [0.29, 0.717) is 0 Å². The van der Waals surface area contributed by atoms with Crippen molar-refractivity contribution in [1.29, 1.82) is 0 Å². The van der Waals surface area contributed by atoms with Crippen molar-refractivity contribution < 1.29 is 0 Å². The Morgan fingerprint density at radius 3 is 2.38 bits per heavy atom. The molecule has 1 aliphatic rings. The van der Waals surface area contributed by atoms with Crippen molar-refractivity contribution in [1.82, 2.24) is 5.32 Å². The standard InChI is InChI=1S/C11H14ClN/c1-2-13-11(7-8-11)9-3-5-10(12)6-4-9/h3-6,13H,2,7-8H2,1H3. The summed E-state index contributed by atoms with van der Waals surface area (Å²) in [5.74, 6) is 0. The molecule has 2 heteroatoms. The van der Waals surface area contributed by atoms with Gasteiger partial charge in [-0.25, -0.2) is 0 Å². The zero-order chi connectivity index (χ0) is 9.31. The molecule has 1 saturated carbocycles. The monoisotopic (exact) mass is 195 g/mol. The number of nitrogens with one attached hydrogen (secondary N) is 1. The summed E-state index contributed by atoms with van der Waals surface area (Å²) < 4.78 is 0. The van der Waals surface area contributed by atoms with Gasteiger partial charge >= 0.3 is 0 Å². The predicted molar refractivity (Wildman–Crippen MR) is 56.0 cm³/mol. The largest absolute Gasteiger partial charge is 0.308 e. The maximum atomic E-state index is 5.84. The summed E-state index contributed by atoms with van der Waals surface area (Å²) in [6, 6.07) is 8.18. The van der Waals surface area contributed by atoms with Gasteiger partial charge in [-0.3, -0.25) is 0 Å². The Hall–Kier alpha value is -0.530. The van der Waals surface area contributed by atoms with Gasteiger partial charge < -0.3 is 5.32 Å². The molecule has 0 amide bonds. The van der Waals surface area contributed by atoms with Crippen LogP contribution < -0.4 is 5.32 Å². The molecule has 0 aliphatic heterocycles. The van der Waals surface area contributed by atoms with Crippen LogP contribution in [0.15, 0.2) is 24.3 Å². The first kappa shape index (κ1) is 9.04. The third kappa shape index (κ3) is 1.72. The Morgan fingerprint density at radius 1 is 1.31 bits per heavy atom. The van der Waals surface area contributed by atoms with E-state index in [-0.39, 0.29) is 5.54 Å². The highest BCUT2D eigenvalue weighted by atomic mass is 35.5. The second kappa shape index (κ2) is 3.32. The van der Waals surface area contributed by atoms with Crippen LogP contribution in [0.4, 0.5) is 0 Å². The second-order valence-corrected chi connectivity index (χ2v) is 4.06. The molecular formula is C11H14ClN. The molecule has 1 aromatic carbocycles. The van der Waals surface area contributed by atoms with Gasteiger partial charge in [-0.2, -0.15) is 0 Å². The molecule has 13 heavy (non-hydrogen) atoms. The molecule has 1 nitrogen and oxygen atoms in total. The Kier molecular flexibility index (Phi) is 2.31. The fourth-order valence-electron chi connectivity index (χ4n) is 1.80.